The zero-order valence-corrected chi connectivity index (χ0v) is 15.3. The van der Waals surface area contributed by atoms with Gasteiger partial charge in [0.2, 0.25) is 0 Å². The van der Waals surface area contributed by atoms with E-state index in [0.717, 1.165) is 0 Å². The van der Waals surface area contributed by atoms with E-state index >= 15 is 0 Å². The maximum absolute atomic E-state index is 12.2. The highest BCUT2D eigenvalue weighted by Gasteiger charge is 2.36. The van der Waals surface area contributed by atoms with Crippen molar-refractivity contribution in [2.45, 2.75) is 0 Å². The summed E-state index contributed by atoms with van der Waals surface area (Å²) in [6, 6.07) is 3.28. The second-order valence-electron chi connectivity index (χ2n) is 4.69. The van der Waals surface area contributed by atoms with E-state index in [-0.39, 0.29) is 11.5 Å². The van der Waals surface area contributed by atoms with Crippen LogP contribution >= 0.6 is 27.7 Å². The van der Waals surface area contributed by atoms with Crippen LogP contribution in [-0.2, 0) is 9.59 Å². The average molecular weight is 426 g/mol. The van der Waals surface area contributed by atoms with E-state index in [4.69, 9.17) is 21.0 Å². The molecule has 2 amide bonds. The first kappa shape index (κ1) is 18.9. The normalized spacial score (nSPS) is 15.4. The second kappa shape index (κ2) is 8.09. The molecule has 1 saturated heterocycles. The number of thioether (sulfide) groups is 1. The van der Waals surface area contributed by atoms with Gasteiger partial charge in [0, 0.05) is 0 Å². The number of methoxy groups -OCH3 is 1. The third kappa shape index (κ3) is 4.35. The van der Waals surface area contributed by atoms with Crippen molar-refractivity contribution in [2.24, 2.45) is 0 Å². The molecule has 1 aliphatic heterocycles. The van der Waals surface area contributed by atoms with E-state index in [9.17, 15) is 14.4 Å². The topological polar surface area (TPSA) is 93.1 Å². The lowest BCUT2D eigenvalue weighted by Gasteiger charge is -2.12. The first-order valence-corrected chi connectivity index (χ1v) is 8.39. The highest BCUT2D eigenvalue weighted by Crippen LogP contribution is 2.39. The molecule has 2 rings (SSSR count). The molecule has 0 aliphatic carbocycles. The summed E-state index contributed by atoms with van der Waals surface area (Å²) in [4.78, 5) is 35.5. The quantitative estimate of drug-likeness (QED) is 0.552. The summed E-state index contributed by atoms with van der Waals surface area (Å²) in [6.45, 7) is -0.615. The Morgan fingerprint density at radius 1 is 1.48 bits per heavy atom. The van der Waals surface area contributed by atoms with Crippen molar-refractivity contribution >= 4 is 50.9 Å². The van der Waals surface area contributed by atoms with Crippen molar-refractivity contribution < 1.29 is 29.0 Å². The van der Waals surface area contributed by atoms with Crippen molar-refractivity contribution in [1.29, 1.82) is 0 Å². The Kier molecular flexibility index (Phi) is 6.12. The molecule has 0 unspecified atom stereocenters. The smallest absolute Gasteiger partial charge is 0.323 e. The number of nitrogens with zero attached hydrogens (tertiary/aromatic N) is 1. The lowest BCUT2D eigenvalue weighted by atomic mass is 10.2. The minimum Gasteiger partial charge on any atom is -0.493 e. The van der Waals surface area contributed by atoms with E-state index in [1.54, 1.807) is 12.1 Å². The fourth-order valence-electron chi connectivity index (χ4n) is 2.00. The number of benzene rings is 1. The molecule has 1 aliphatic rings. The van der Waals surface area contributed by atoms with Crippen molar-refractivity contribution in [2.75, 3.05) is 20.3 Å². The molecule has 1 N–H and O–H groups in total. The summed E-state index contributed by atoms with van der Waals surface area (Å²) in [5, 5.41) is 8.14. The maximum atomic E-state index is 12.2. The Hall–Kier alpha value is -2.44. The molecule has 7 nitrogen and oxygen atoms in total. The molecular weight excluding hydrogens is 414 g/mol. The Labute approximate surface area is 156 Å². The van der Waals surface area contributed by atoms with Crippen LogP contribution in [0.4, 0.5) is 4.79 Å². The molecular formula is C16H12BrNO6S. The summed E-state index contributed by atoms with van der Waals surface area (Å²) in [5.74, 6) is 1.24. The van der Waals surface area contributed by atoms with Gasteiger partial charge in [-0.3, -0.25) is 19.3 Å². The van der Waals surface area contributed by atoms with Gasteiger partial charge in [-0.2, -0.15) is 0 Å². The molecule has 0 saturated carbocycles. The first-order valence-electron chi connectivity index (χ1n) is 6.78. The molecule has 0 spiro atoms. The number of hydrogen-bond donors (Lipinski definition) is 1. The minimum atomic E-state index is -1.26. The van der Waals surface area contributed by atoms with Gasteiger partial charge in [-0.25, -0.2) is 0 Å². The molecule has 1 aromatic carbocycles. The lowest BCUT2D eigenvalue weighted by Crippen LogP contribution is -2.33. The van der Waals surface area contributed by atoms with Crippen LogP contribution in [0.3, 0.4) is 0 Å². The monoisotopic (exact) mass is 425 g/mol. The van der Waals surface area contributed by atoms with Gasteiger partial charge >= 0.3 is 5.97 Å². The van der Waals surface area contributed by atoms with Crippen molar-refractivity contribution in [1.82, 2.24) is 4.90 Å². The van der Waals surface area contributed by atoms with E-state index in [2.05, 4.69) is 21.9 Å². The summed E-state index contributed by atoms with van der Waals surface area (Å²) in [7, 11) is 1.45. The standard InChI is InChI=1S/C16H12BrNO6S/c1-3-4-24-14-10(17)5-9(6-11(14)23-2)7-12-15(21)18(8-13(19)20)16(22)25-12/h1,5-7H,4,8H2,2H3,(H,19,20)/b12-7+. The first-order chi connectivity index (χ1) is 11.9. The highest BCUT2D eigenvalue weighted by molar-refractivity contribution is 9.10. The largest absolute Gasteiger partial charge is 0.493 e. The average Bonchev–Trinajstić information content (AvgIpc) is 2.80. The minimum absolute atomic E-state index is 0.0579. The van der Waals surface area contributed by atoms with Gasteiger partial charge in [-0.1, -0.05) is 5.92 Å². The Morgan fingerprint density at radius 2 is 2.20 bits per heavy atom. The molecule has 1 aromatic rings. The van der Waals surface area contributed by atoms with E-state index in [1.807, 2.05) is 0 Å². The lowest BCUT2D eigenvalue weighted by molar-refractivity contribution is -0.140. The van der Waals surface area contributed by atoms with E-state index in [1.165, 1.54) is 13.2 Å². The molecule has 0 atom stereocenters. The number of hydrogen-bond acceptors (Lipinski definition) is 6. The van der Waals surface area contributed by atoms with Gasteiger partial charge in [0.25, 0.3) is 11.1 Å². The van der Waals surface area contributed by atoms with Crippen LogP contribution in [0, 0.1) is 12.3 Å². The van der Waals surface area contributed by atoms with Crippen LogP contribution < -0.4 is 9.47 Å². The number of rotatable bonds is 6. The Balaban J connectivity index is 2.34. The maximum Gasteiger partial charge on any atom is 0.323 e. The molecule has 1 heterocycles. The summed E-state index contributed by atoms with van der Waals surface area (Å²) in [6.07, 6.45) is 6.65. The van der Waals surface area contributed by atoms with E-state index in [0.29, 0.717) is 38.2 Å². The number of carboxylic acid groups (broad SMARTS) is 1. The SMILES string of the molecule is C#CCOc1c(Br)cc(/C=C2/SC(=O)N(CC(=O)O)C2=O)cc1OC. The molecule has 130 valence electrons. The molecule has 9 heteroatoms. The number of aliphatic carboxylic acids is 1. The van der Waals surface area contributed by atoms with Gasteiger partial charge in [-0.05, 0) is 51.5 Å². The summed E-state index contributed by atoms with van der Waals surface area (Å²) >= 11 is 4.02. The van der Waals surface area contributed by atoms with Gasteiger partial charge in [-0.15, -0.1) is 6.42 Å². The number of carboxylic acids is 1. The van der Waals surface area contributed by atoms with Crippen molar-refractivity contribution in [3.8, 4) is 23.8 Å². The molecule has 0 aromatic heterocycles. The highest BCUT2D eigenvalue weighted by atomic mass is 79.9. The van der Waals surface area contributed by atoms with Crippen molar-refractivity contribution in [3.63, 3.8) is 0 Å². The molecule has 1 fully saturated rings. The number of carbonyl (C=O) groups is 3. The second-order valence-corrected chi connectivity index (χ2v) is 6.54. The van der Waals surface area contributed by atoms with Crippen LogP contribution in [0.5, 0.6) is 11.5 Å². The van der Waals surface area contributed by atoms with Gasteiger partial charge in [0.05, 0.1) is 16.5 Å². The zero-order chi connectivity index (χ0) is 18.6. The number of ether oxygens (including phenoxy) is 2. The fraction of sp³-hybridized carbons (Fsp3) is 0.188. The number of halogens is 1. The van der Waals surface area contributed by atoms with Gasteiger partial charge < -0.3 is 14.6 Å². The van der Waals surface area contributed by atoms with Crippen LogP contribution in [0.2, 0.25) is 0 Å². The third-order valence-corrected chi connectivity index (χ3v) is 4.51. The summed E-state index contributed by atoms with van der Waals surface area (Å²) in [5.41, 5.74) is 0.567. The Morgan fingerprint density at radius 3 is 2.80 bits per heavy atom. The number of terminal acetylenes is 1. The Bertz CT molecular complexity index is 814. The molecule has 0 radical (unpaired) electrons. The third-order valence-electron chi connectivity index (χ3n) is 3.02. The number of carbonyl (C=O) groups excluding carboxylic acids is 2. The zero-order valence-electron chi connectivity index (χ0n) is 12.9. The fourth-order valence-corrected chi connectivity index (χ4v) is 3.41. The predicted molar refractivity (Wildman–Crippen MR) is 95.3 cm³/mol. The van der Waals surface area contributed by atoms with Crippen LogP contribution in [0.15, 0.2) is 21.5 Å². The molecule has 0 bridgehead atoms. The van der Waals surface area contributed by atoms with Gasteiger partial charge in [0.1, 0.15) is 13.2 Å². The molecule has 25 heavy (non-hydrogen) atoms. The van der Waals surface area contributed by atoms with Gasteiger partial charge in [0.15, 0.2) is 11.5 Å². The van der Waals surface area contributed by atoms with Crippen LogP contribution in [-0.4, -0.2) is 47.4 Å². The van der Waals surface area contributed by atoms with E-state index < -0.39 is 23.7 Å². The summed E-state index contributed by atoms with van der Waals surface area (Å²) < 4.78 is 11.2. The van der Waals surface area contributed by atoms with Crippen molar-refractivity contribution in [3.05, 3.63) is 27.1 Å². The predicted octanol–water partition coefficient (Wildman–Crippen LogP) is 2.59. The number of imide groups is 1. The number of amides is 2. The van der Waals surface area contributed by atoms with Crippen LogP contribution in [0.25, 0.3) is 6.08 Å². The van der Waals surface area contributed by atoms with Crippen LogP contribution in [0.1, 0.15) is 5.56 Å².